The standard InChI is InChI=1S/C40H40FN5O6S2/c1-40(2,3)52-39(49)45(4)21-10-14-26-13-9-16-29(41)34(26)51-23-11-19-32-33(36(48)50-5)43-38(54-32)46-22-20-25-12-8-15-27(28(25)24-46)35(47)44-37-42-30-17-6-7-18-31(30)53-37/h6-9,12-13,15-18H,11,19-24H2,1-5H3,(H,42,44,47). The fraction of sp³-hybridized carbons (Fsp3) is 0.325. The van der Waals surface area contributed by atoms with Crippen LogP contribution in [0.4, 0.5) is 19.4 Å². The van der Waals surface area contributed by atoms with Crippen LogP contribution in [-0.2, 0) is 28.9 Å². The van der Waals surface area contributed by atoms with E-state index < -0.39 is 23.5 Å². The van der Waals surface area contributed by atoms with Crippen LogP contribution in [0.15, 0.2) is 60.7 Å². The molecule has 3 aromatic carbocycles. The number of ether oxygens (including phenoxy) is 3. The predicted molar refractivity (Wildman–Crippen MR) is 208 cm³/mol. The quantitative estimate of drug-likeness (QED) is 0.0864. The number of benzene rings is 3. The lowest BCUT2D eigenvalue weighted by atomic mass is 9.94. The van der Waals surface area contributed by atoms with E-state index in [1.54, 1.807) is 40.0 Å². The molecule has 0 saturated heterocycles. The van der Waals surface area contributed by atoms with Crippen LogP contribution in [-0.4, -0.2) is 72.3 Å². The Labute approximate surface area is 321 Å². The van der Waals surface area contributed by atoms with Crippen LogP contribution in [0.1, 0.15) is 69.6 Å². The number of aromatic nitrogens is 2. The number of thiazole rings is 2. The highest BCUT2D eigenvalue weighted by Gasteiger charge is 2.27. The summed E-state index contributed by atoms with van der Waals surface area (Å²) in [6.45, 7) is 6.65. The number of carbonyl (C=O) groups excluding carboxylic acids is 3. The Morgan fingerprint density at radius 3 is 2.61 bits per heavy atom. The summed E-state index contributed by atoms with van der Waals surface area (Å²) < 4.78 is 32.2. The van der Waals surface area contributed by atoms with Crippen molar-refractivity contribution in [3.63, 3.8) is 0 Å². The molecule has 1 N–H and O–H groups in total. The molecule has 1 aliphatic rings. The molecule has 2 aromatic heterocycles. The first-order valence-corrected chi connectivity index (χ1v) is 19.0. The zero-order chi connectivity index (χ0) is 38.4. The maximum Gasteiger partial charge on any atom is 0.410 e. The van der Waals surface area contributed by atoms with Crippen LogP contribution in [0.2, 0.25) is 0 Å². The van der Waals surface area contributed by atoms with Gasteiger partial charge in [-0.25, -0.2) is 23.9 Å². The van der Waals surface area contributed by atoms with Gasteiger partial charge in [0.2, 0.25) is 0 Å². The van der Waals surface area contributed by atoms with Gasteiger partial charge in [-0.15, -0.1) is 11.3 Å². The van der Waals surface area contributed by atoms with Gasteiger partial charge >= 0.3 is 12.1 Å². The summed E-state index contributed by atoms with van der Waals surface area (Å²) in [5.74, 6) is 4.45. The number of hydrogen-bond donors (Lipinski definition) is 1. The van der Waals surface area contributed by atoms with Crippen molar-refractivity contribution in [3.05, 3.63) is 99.3 Å². The predicted octanol–water partition coefficient (Wildman–Crippen LogP) is 7.72. The molecule has 0 fully saturated rings. The molecular formula is C40H40FN5O6S2. The number of esters is 1. The highest BCUT2D eigenvalue weighted by molar-refractivity contribution is 7.22. The molecule has 6 rings (SSSR count). The smallest absolute Gasteiger partial charge is 0.410 e. The summed E-state index contributed by atoms with van der Waals surface area (Å²) >= 11 is 2.81. The number of methoxy groups -OCH3 is 1. The molecule has 2 amide bonds. The maximum absolute atomic E-state index is 14.9. The summed E-state index contributed by atoms with van der Waals surface area (Å²) in [5, 5.41) is 4.15. The first-order chi connectivity index (χ1) is 25.9. The van der Waals surface area contributed by atoms with Gasteiger partial charge in [0.05, 0.1) is 36.0 Å². The average Bonchev–Trinajstić information content (AvgIpc) is 3.76. The third kappa shape index (κ3) is 9.15. The van der Waals surface area contributed by atoms with E-state index in [2.05, 4.69) is 27.0 Å². The van der Waals surface area contributed by atoms with Crippen molar-refractivity contribution in [2.75, 3.05) is 44.1 Å². The molecule has 0 unspecified atom stereocenters. The third-order valence-corrected chi connectivity index (χ3v) is 10.5. The van der Waals surface area contributed by atoms with Gasteiger partial charge < -0.3 is 24.0 Å². The number of carbonyl (C=O) groups is 3. The molecule has 3 heterocycles. The molecular weight excluding hydrogens is 730 g/mol. The van der Waals surface area contributed by atoms with Gasteiger partial charge in [0.1, 0.15) is 5.60 Å². The normalized spacial score (nSPS) is 12.4. The van der Waals surface area contributed by atoms with Crippen molar-refractivity contribution in [2.45, 2.75) is 52.2 Å². The fourth-order valence-electron chi connectivity index (χ4n) is 5.77. The highest BCUT2D eigenvalue weighted by Crippen LogP contribution is 2.34. The van der Waals surface area contributed by atoms with Gasteiger partial charge in [0.25, 0.3) is 5.91 Å². The van der Waals surface area contributed by atoms with Crippen LogP contribution in [0.25, 0.3) is 10.2 Å². The molecule has 14 heteroatoms. The molecule has 0 radical (unpaired) electrons. The van der Waals surface area contributed by atoms with Crippen molar-refractivity contribution in [3.8, 4) is 17.6 Å². The number of hydrogen-bond acceptors (Lipinski definition) is 11. The number of amides is 2. The zero-order valence-corrected chi connectivity index (χ0v) is 32.3. The lowest BCUT2D eigenvalue weighted by molar-refractivity contribution is 0.0320. The minimum absolute atomic E-state index is 0.0121. The lowest BCUT2D eigenvalue weighted by Crippen LogP contribution is -2.34. The van der Waals surface area contributed by atoms with E-state index in [-0.39, 0.29) is 30.5 Å². The Morgan fingerprint density at radius 2 is 1.83 bits per heavy atom. The van der Waals surface area contributed by atoms with E-state index in [0.29, 0.717) is 58.6 Å². The Bertz CT molecular complexity index is 2220. The SMILES string of the molecule is COC(=O)c1nc(N2CCc3cccc(C(=O)Nc4nc5ccccc5s4)c3C2)sc1CCCOc1c(F)cccc1C#CCN(C)C(=O)OC(C)(C)C. The number of para-hydroxylation sites is 2. The van der Waals surface area contributed by atoms with Crippen LogP contribution in [0.5, 0.6) is 5.75 Å². The van der Waals surface area contributed by atoms with Crippen molar-refractivity contribution >= 4 is 61.1 Å². The summed E-state index contributed by atoms with van der Waals surface area (Å²) in [5.41, 5.74) is 3.30. The van der Waals surface area contributed by atoms with Gasteiger partial charge in [0, 0.05) is 30.6 Å². The third-order valence-electron chi connectivity index (χ3n) is 8.37. The van der Waals surface area contributed by atoms with Crippen molar-refractivity contribution in [1.29, 1.82) is 0 Å². The number of nitrogens with zero attached hydrogens (tertiary/aromatic N) is 4. The minimum atomic E-state index is -0.636. The lowest BCUT2D eigenvalue weighted by Gasteiger charge is -2.29. The minimum Gasteiger partial charge on any atom is -0.489 e. The molecule has 0 saturated carbocycles. The van der Waals surface area contributed by atoms with Gasteiger partial charge in [-0.3, -0.25) is 10.1 Å². The van der Waals surface area contributed by atoms with Crippen LogP contribution < -0.4 is 15.0 Å². The maximum atomic E-state index is 14.9. The second-order valence-electron chi connectivity index (χ2n) is 13.5. The molecule has 0 spiro atoms. The fourth-order valence-corrected chi connectivity index (χ4v) is 7.74. The Kier molecular flexibility index (Phi) is 11.8. The van der Waals surface area contributed by atoms with E-state index in [1.165, 1.54) is 40.7 Å². The van der Waals surface area contributed by atoms with E-state index >= 15 is 0 Å². The van der Waals surface area contributed by atoms with Crippen LogP contribution in [0.3, 0.4) is 0 Å². The van der Waals surface area contributed by atoms with Crippen molar-refractivity contribution in [2.24, 2.45) is 0 Å². The summed E-state index contributed by atoms with van der Waals surface area (Å²) in [4.78, 5) is 52.0. The summed E-state index contributed by atoms with van der Waals surface area (Å²) in [7, 11) is 2.89. The first kappa shape index (κ1) is 38.2. The van der Waals surface area contributed by atoms with Gasteiger partial charge in [-0.1, -0.05) is 53.5 Å². The molecule has 280 valence electrons. The van der Waals surface area contributed by atoms with Gasteiger partial charge in [-0.2, -0.15) is 0 Å². The molecule has 5 aromatic rings. The summed E-state index contributed by atoms with van der Waals surface area (Å²) in [6, 6.07) is 18.0. The Hall–Kier alpha value is -5.52. The number of fused-ring (bicyclic) bond motifs is 2. The van der Waals surface area contributed by atoms with E-state index in [0.717, 1.165) is 21.3 Å². The van der Waals surface area contributed by atoms with E-state index in [1.807, 2.05) is 42.5 Å². The van der Waals surface area contributed by atoms with Crippen LogP contribution >= 0.6 is 22.7 Å². The number of anilines is 2. The second-order valence-corrected chi connectivity index (χ2v) is 15.6. The number of aryl methyl sites for hydroxylation is 1. The van der Waals surface area contributed by atoms with Gasteiger partial charge in [0.15, 0.2) is 27.5 Å². The monoisotopic (exact) mass is 769 g/mol. The molecule has 0 bridgehead atoms. The largest absolute Gasteiger partial charge is 0.489 e. The summed E-state index contributed by atoms with van der Waals surface area (Å²) in [6.07, 6.45) is 1.06. The number of rotatable bonds is 10. The Morgan fingerprint density at radius 1 is 1.04 bits per heavy atom. The van der Waals surface area contributed by atoms with Crippen molar-refractivity contribution < 1.29 is 33.0 Å². The van der Waals surface area contributed by atoms with E-state index in [4.69, 9.17) is 19.2 Å². The number of nitrogens with one attached hydrogen (secondary N) is 1. The topological polar surface area (TPSA) is 123 Å². The molecule has 54 heavy (non-hydrogen) atoms. The molecule has 11 nitrogen and oxygen atoms in total. The highest BCUT2D eigenvalue weighted by atomic mass is 32.1. The second kappa shape index (κ2) is 16.7. The van der Waals surface area contributed by atoms with Gasteiger partial charge in [-0.05, 0) is 81.5 Å². The average molecular weight is 770 g/mol. The van der Waals surface area contributed by atoms with E-state index in [9.17, 15) is 18.8 Å². The molecule has 0 atom stereocenters. The zero-order valence-electron chi connectivity index (χ0n) is 30.7. The molecule has 0 aliphatic carbocycles. The van der Waals surface area contributed by atoms with Crippen molar-refractivity contribution in [1.82, 2.24) is 14.9 Å². The first-order valence-electron chi connectivity index (χ1n) is 17.3. The number of halogens is 1. The molecule has 1 aliphatic heterocycles. The Balaban J connectivity index is 1.11. The van der Waals surface area contributed by atoms with Crippen LogP contribution in [0, 0.1) is 17.7 Å².